The normalized spacial score (nSPS) is 21.6. The van der Waals surface area contributed by atoms with E-state index in [-0.39, 0.29) is 5.41 Å². The highest BCUT2D eigenvalue weighted by molar-refractivity contribution is 5.22. The molecule has 0 bridgehead atoms. The lowest BCUT2D eigenvalue weighted by Gasteiger charge is -2.44. The second-order valence-electron chi connectivity index (χ2n) is 4.25. The standard InChI is InChI=1S/C11H17NO2/c1-8-9(3-6-14-8)10(13)11(7-12)4-2-5-11/h3,6,10,13H,2,4-5,7,12H2,1H3. The second-order valence-corrected chi connectivity index (χ2v) is 4.25. The minimum Gasteiger partial charge on any atom is -0.469 e. The van der Waals surface area contributed by atoms with Crippen molar-refractivity contribution in [1.82, 2.24) is 0 Å². The van der Waals surface area contributed by atoms with Crippen molar-refractivity contribution >= 4 is 0 Å². The summed E-state index contributed by atoms with van der Waals surface area (Å²) >= 11 is 0. The zero-order chi connectivity index (χ0) is 10.2. The Kier molecular flexibility index (Phi) is 2.37. The number of hydrogen-bond donors (Lipinski definition) is 2. The van der Waals surface area contributed by atoms with Crippen LogP contribution >= 0.6 is 0 Å². The molecule has 0 aliphatic heterocycles. The molecule has 1 aromatic heterocycles. The van der Waals surface area contributed by atoms with Crippen molar-refractivity contribution < 1.29 is 9.52 Å². The Balaban J connectivity index is 2.22. The maximum Gasteiger partial charge on any atom is 0.106 e. The number of aryl methyl sites for hydroxylation is 1. The Morgan fingerprint density at radius 3 is 2.71 bits per heavy atom. The smallest absolute Gasteiger partial charge is 0.106 e. The highest BCUT2D eigenvalue weighted by Gasteiger charge is 2.43. The van der Waals surface area contributed by atoms with Crippen molar-refractivity contribution in [3.63, 3.8) is 0 Å². The van der Waals surface area contributed by atoms with Crippen molar-refractivity contribution in [3.05, 3.63) is 23.7 Å². The van der Waals surface area contributed by atoms with E-state index in [9.17, 15) is 5.11 Å². The predicted octanol–water partition coefficient (Wildman–Crippen LogP) is 1.75. The summed E-state index contributed by atoms with van der Waals surface area (Å²) in [4.78, 5) is 0. The van der Waals surface area contributed by atoms with E-state index in [0.29, 0.717) is 6.54 Å². The summed E-state index contributed by atoms with van der Waals surface area (Å²) in [6.07, 6.45) is 4.38. The van der Waals surface area contributed by atoms with Crippen LogP contribution in [0.5, 0.6) is 0 Å². The van der Waals surface area contributed by atoms with E-state index in [1.54, 1.807) is 6.26 Å². The SMILES string of the molecule is Cc1occc1C(O)C1(CN)CCC1. The van der Waals surface area contributed by atoms with Gasteiger partial charge in [0.05, 0.1) is 12.4 Å². The fraction of sp³-hybridized carbons (Fsp3) is 0.636. The molecule has 1 saturated carbocycles. The van der Waals surface area contributed by atoms with Crippen LogP contribution in [-0.4, -0.2) is 11.7 Å². The van der Waals surface area contributed by atoms with Gasteiger partial charge in [-0.1, -0.05) is 6.42 Å². The number of aliphatic hydroxyl groups excluding tert-OH is 1. The Morgan fingerprint density at radius 2 is 2.36 bits per heavy atom. The van der Waals surface area contributed by atoms with Gasteiger partial charge in [0, 0.05) is 17.5 Å². The van der Waals surface area contributed by atoms with Crippen LogP contribution in [0.25, 0.3) is 0 Å². The number of rotatable bonds is 3. The molecule has 0 aromatic carbocycles. The van der Waals surface area contributed by atoms with Crippen molar-refractivity contribution in [2.24, 2.45) is 11.1 Å². The molecule has 3 N–H and O–H groups in total. The lowest BCUT2D eigenvalue weighted by Crippen LogP contribution is -2.42. The Morgan fingerprint density at radius 1 is 1.64 bits per heavy atom. The highest BCUT2D eigenvalue weighted by Crippen LogP contribution is 2.49. The van der Waals surface area contributed by atoms with Crippen LogP contribution < -0.4 is 5.73 Å². The number of furan rings is 1. The summed E-state index contributed by atoms with van der Waals surface area (Å²) in [6.45, 7) is 2.43. The molecule has 0 amide bonds. The molecule has 3 nitrogen and oxygen atoms in total. The van der Waals surface area contributed by atoms with Gasteiger partial charge >= 0.3 is 0 Å². The number of nitrogens with two attached hydrogens (primary N) is 1. The first-order valence-corrected chi connectivity index (χ1v) is 5.12. The average Bonchev–Trinajstić information content (AvgIpc) is 2.50. The maximum absolute atomic E-state index is 10.2. The minimum absolute atomic E-state index is 0.0887. The predicted molar refractivity (Wildman–Crippen MR) is 53.7 cm³/mol. The van der Waals surface area contributed by atoms with E-state index in [4.69, 9.17) is 10.2 Å². The van der Waals surface area contributed by atoms with E-state index < -0.39 is 6.10 Å². The van der Waals surface area contributed by atoms with E-state index >= 15 is 0 Å². The molecule has 1 aromatic rings. The van der Waals surface area contributed by atoms with Crippen LogP contribution in [0.4, 0.5) is 0 Å². The van der Waals surface area contributed by atoms with Gasteiger partial charge < -0.3 is 15.3 Å². The summed E-state index contributed by atoms with van der Waals surface area (Å²) in [5, 5.41) is 10.2. The van der Waals surface area contributed by atoms with Crippen LogP contribution in [0, 0.1) is 12.3 Å². The summed E-state index contributed by atoms with van der Waals surface area (Å²) in [5.41, 5.74) is 6.54. The molecule has 0 saturated heterocycles. The second kappa shape index (κ2) is 3.41. The van der Waals surface area contributed by atoms with Crippen LogP contribution in [0.1, 0.15) is 36.7 Å². The van der Waals surface area contributed by atoms with E-state index in [1.165, 1.54) is 6.42 Å². The molecule has 78 valence electrons. The van der Waals surface area contributed by atoms with Crippen LogP contribution in [0.2, 0.25) is 0 Å². The maximum atomic E-state index is 10.2. The third-order valence-electron chi connectivity index (χ3n) is 3.53. The van der Waals surface area contributed by atoms with Gasteiger partial charge in [0.25, 0.3) is 0 Å². The van der Waals surface area contributed by atoms with Gasteiger partial charge in [0.1, 0.15) is 5.76 Å². The first kappa shape index (κ1) is 9.74. The quantitative estimate of drug-likeness (QED) is 0.772. The van der Waals surface area contributed by atoms with Crippen molar-refractivity contribution in [3.8, 4) is 0 Å². The third kappa shape index (κ3) is 1.28. The van der Waals surface area contributed by atoms with Gasteiger partial charge in [0.2, 0.25) is 0 Å². The van der Waals surface area contributed by atoms with E-state index in [0.717, 1.165) is 24.2 Å². The molecule has 1 aliphatic carbocycles. The molecule has 1 atom stereocenters. The van der Waals surface area contributed by atoms with Gasteiger partial charge in [-0.25, -0.2) is 0 Å². The number of aliphatic hydroxyl groups is 1. The van der Waals surface area contributed by atoms with Crippen molar-refractivity contribution in [2.75, 3.05) is 6.54 Å². The van der Waals surface area contributed by atoms with E-state index in [1.807, 2.05) is 13.0 Å². The van der Waals surface area contributed by atoms with Gasteiger partial charge in [-0.05, 0) is 25.8 Å². The molecule has 2 rings (SSSR count). The van der Waals surface area contributed by atoms with Gasteiger partial charge in [-0.15, -0.1) is 0 Å². The molecular formula is C11H17NO2. The fourth-order valence-corrected chi connectivity index (χ4v) is 2.23. The van der Waals surface area contributed by atoms with Gasteiger partial charge in [0.15, 0.2) is 0 Å². The Labute approximate surface area is 83.9 Å². The first-order valence-electron chi connectivity index (χ1n) is 5.12. The Bertz CT molecular complexity index is 309. The van der Waals surface area contributed by atoms with Gasteiger partial charge in [-0.2, -0.15) is 0 Å². The molecular weight excluding hydrogens is 178 g/mol. The molecule has 0 spiro atoms. The lowest BCUT2D eigenvalue weighted by atomic mass is 9.63. The largest absolute Gasteiger partial charge is 0.469 e. The minimum atomic E-state index is -0.458. The molecule has 14 heavy (non-hydrogen) atoms. The molecule has 3 heteroatoms. The monoisotopic (exact) mass is 195 g/mol. The average molecular weight is 195 g/mol. The zero-order valence-corrected chi connectivity index (χ0v) is 8.49. The van der Waals surface area contributed by atoms with Crippen molar-refractivity contribution in [2.45, 2.75) is 32.3 Å². The van der Waals surface area contributed by atoms with Crippen LogP contribution in [0.15, 0.2) is 16.7 Å². The molecule has 1 aliphatic rings. The topological polar surface area (TPSA) is 59.4 Å². The van der Waals surface area contributed by atoms with Crippen LogP contribution in [-0.2, 0) is 0 Å². The Hall–Kier alpha value is -0.800. The third-order valence-corrected chi connectivity index (χ3v) is 3.53. The van der Waals surface area contributed by atoms with Crippen molar-refractivity contribution in [1.29, 1.82) is 0 Å². The van der Waals surface area contributed by atoms with Crippen LogP contribution in [0.3, 0.4) is 0 Å². The molecule has 1 fully saturated rings. The zero-order valence-electron chi connectivity index (χ0n) is 8.49. The molecule has 1 unspecified atom stereocenters. The summed E-state index contributed by atoms with van der Waals surface area (Å²) in [5.74, 6) is 0.803. The lowest BCUT2D eigenvalue weighted by molar-refractivity contribution is -0.0304. The number of hydrogen-bond acceptors (Lipinski definition) is 3. The summed E-state index contributed by atoms with van der Waals surface area (Å²) in [6, 6.07) is 1.84. The first-order chi connectivity index (χ1) is 6.69. The highest BCUT2D eigenvalue weighted by atomic mass is 16.3. The molecule has 1 heterocycles. The summed E-state index contributed by atoms with van der Waals surface area (Å²) in [7, 11) is 0. The fourth-order valence-electron chi connectivity index (χ4n) is 2.23. The summed E-state index contributed by atoms with van der Waals surface area (Å²) < 4.78 is 5.19. The molecule has 0 radical (unpaired) electrons. The van der Waals surface area contributed by atoms with E-state index in [2.05, 4.69) is 0 Å². The van der Waals surface area contributed by atoms with Gasteiger partial charge in [-0.3, -0.25) is 0 Å².